The van der Waals surface area contributed by atoms with Crippen LogP contribution in [0.5, 0.6) is 0 Å². The molecule has 0 radical (unpaired) electrons. The van der Waals surface area contributed by atoms with E-state index >= 15 is 0 Å². The first-order valence-electron chi connectivity index (χ1n) is 7.89. The molecule has 22 heavy (non-hydrogen) atoms. The summed E-state index contributed by atoms with van der Waals surface area (Å²) in [5, 5.41) is 2.73. The third kappa shape index (κ3) is 3.76. The van der Waals surface area contributed by atoms with Gasteiger partial charge in [0, 0.05) is 0 Å². The monoisotopic (exact) mass is 290 g/mol. The average molecular weight is 290 g/mol. The van der Waals surface area contributed by atoms with Crippen LogP contribution in [0.15, 0.2) is 48.5 Å². The Bertz CT molecular complexity index is 794. The van der Waals surface area contributed by atoms with Gasteiger partial charge in [-0.1, -0.05) is 59.7 Å². The fourth-order valence-corrected chi connectivity index (χ4v) is 2.61. The molecular weight excluding hydrogens is 264 g/mol. The van der Waals surface area contributed by atoms with E-state index in [1.165, 1.54) is 44.2 Å². The molecule has 0 spiro atoms. The normalized spacial score (nSPS) is 10.3. The zero-order chi connectivity index (χ0) is 16.3. The Morgan fingerprint density at radius 2 is 1.09 bits per heavy atom. The SMILES string of the molecule is Cc1ccc(C)c(C)c1.Cc1ccc2c(C)c(C)ccc2c1. The molecule has 3 rings (SSSR count). The molecule has 114 valence electrons. The van der Waals surface area contributed by atoms with Crippen molar-refractivity contribution in [1.82, 2.24) is 0 Å². The second-order valence-electron chi connectivity index (χ2n) is 6.32. The highest BCUT2D eigenvalue weighted by atomic mass is 14.0. The van der Waals surface area contributed by atoms with Crippen molar-refractivity contribution in [3.05, 3.63) is 81.9 Å². The lowest BCUT2D eigenvalue weighted by molar-refractivity contribution is 1.30. The van der Waals surface area contributed by atoms with Crippen molar-refractivity contribution in [1.29, 1.82) is 0 Å². The largest absolute Gasteiger partial charge is 0.0590 e. The molecule has 0 fully saturated rings. The van der Waals surface area contributed by atoms with Gasteiger partial charge in [0.2, 0.25) is 0 Å². The molecule has 0 N–H and O–H groups in total. The summed E-state index contributed by atoms with van der Waals surface area (Å²) in [5.74, 6) is 0. The lowest BCUT2D eigenvalue weighted by Crippen LogP contribution is -1.83. The molecule has 0 heteroatoms. The second-order valence-corrected chi connectivity index (χ2v) is 6.32. The Kier molecular flexibility index (Phi) is 5.03. The van der Waals surface area contributed by atoms with Crippen LogP contribution >= 0.6 is 0 Å². The van der Waals surface area contributed by atoms with Crippen LogP contribution in [-0.4, -0.2) is 0 Å². The molecule has 0 aliphatic carbocycles. The minimum Gasteiger partial charge on any atom is -0.0590 e. The summed E-state index contributed by atoms with van der Waals surface area (Å²) in [4.78, 5) is 0. The molecule has 0 atom stereocenters. The first-order valence-corrected chi connectivity index (χ1v) is 7.89. The summed E-state index contributed by atoms with van der Waals surface area (Å²) in [6.07, 6.45) is 0. The smallest absolute Gasteiger partial charge is 0.0152 e. The van der Waals surface area contributed by atoms with Crippen LogP contribution in [0.1, 0.15) is 33.4 Å². The zero-order valence-electron chi connectivity index (χ0n) is 14.6. The predicted octanol–water partition coefficient (Wildman–Crippen LogP) is 6.38. The fourth-order valence-electron chi connectivity index (χ4n) is 2.61. The zero-order valence-corrected chi connectivity index (χ0v) is 14.6. The molecule has 0 saturated heterocycles. The van der Waals surface area contributed by atoms with Crippen molar-refractivity contribution >= 4 is 10.8 Å². The van der Waals surface area contributed by atoms with Crippen molar-refractivity contribution in [2.75, 3.05) is 0 Å². The van der Waals surface area contributed by atoms with E-state index in [2.05, 4.69) is 90.1 Å². The molecule has 3 aromatic carbocycles. The second kappa shape index (κ2) is 6.79. The molecule has 0 aliphatic rings. The van der Waals surface area contributed by atoms with E-state index in [1.807, 2.05) is 0 Å². The van der Waals surface area contributed by atoms with Crippen molar-refractivity contribution in [3.63, 3.8) is 0 Å². The van der Waals surface area contributed by atoms with Gasteiger partial charge in [0.1, 0.15) is 0 Å². The van der Waals surface area contributed by atoms with E-state index in [9.17, 15) is 0 Å². The van der Waals surface area contributed by atoms with Gasteiger partial charge in [-0.3, -0.25) is 0 Å². The summed E-state index contributed by atoms with van der Waals surface area (Å²) in [6.45, 7) is 12.9. The quantitative estimate of drug-likeness (QED) is 0.451. The minimum absolute atomic E-state index is 1.33. The first kappa shape index (κ1) is 16.3. The van der Waals surface area contributed by atoms with E-state index in [-0.39, 0.29) is 0 Å². The first-order chi connectivity index (χ1) is 10.4. The minimum atomic E-state index is 1.33. The van der Waals surface area contributed by atoms with Gasteiger partial charge in [-0.25, -0.2) is 0 Å². The Labute approximate surface area is 134 Å². The van der Waals surface area contributed by atoms with Crippen LogP contribution < -0.4 is 0 Å². The molecular formula is C22H26. The Hall–Kier alpha value is -2.08. The molecule has 0 aromatic heterocycles. The topological polar surface area (TPSA) is 0 Å². The summed E-state index contributed by atoms with van der Waals surface area (Å²) in [5.41, 5.74) is 8.21. The fraction of sp³-hybridized carbons (Fsp3) is 0.273. The van der Waals surface area contributed by atoms with Crippen LogP contribution in [-0.2, 0) is 0 Å². The number of aryl methyl sites for hydroxylation is 6. The summed E-state index contributed by atoms with van der Waals surface area (Å²) >= 11 is 0. The number of rotatable bonds is 0. The molecule has 0 aliphatic heterocycles. The maximum absolute atomic E-state index is 2.24. The van der Waals surface area contributed by atoms with E-state index < -0.39 is 0 Å². The van der Waals surface area contributed by atoms with Crippen molar-refractivity contribution < 1.29 is 0 Å². The van der Waals surface area contributed by atoms with Gasteiger partial charge in [0.15, 0.2) is 0 Å². The van der Waals surface area contributed by atoms with Crippen LogP contribution in [0.2, 0.25) is 0 Å². The number of benzene rings is 3. The third-order valence-electron chi connectivity index (χ3n) is 4.38. The van der Waals surface area contributed by atoms with E-state index in [0.29, 0.717) is 0 Å². The van der Waals surface area contributed by atoms with Gasteiger partial charge in [0.05, 0.1) is 0 Å². The lowest BCUT2D eigenvalue weighted by Gasteiger charge is -2.05. The molecule has 0 heterocycles. The molecule has 0 nitrogen and oxygen atoms in total. The van der Waals surface area contributed by atoms with Gasteiger partial charge >= 0.3 is 0 Å². The highest BCUT2D eigenvalue weighted by Gasteiger charge is 1.99. The molecule has 0 amide bonds. The van der Waals surface area contributed by atoms with Gasteiger partial charge in [-0.15, -0.1) is 0 Å². The van der Waals surface area contributed by atoms with Crippen LogP contribution in [0.3, 0.4) is 0 Å². The molecule has 0 saturated carbocycles. The maximum Gasteiger partial charge on any atom is -0.0152 e. The highest BCUT2D eigenvalue weighted by molar-refractivity contribution is 5.87. The Balaban J connectivity index is 0.000000172. The average Bonchev–Trinajstić information content (AvgIpc) is 2.48. The van der Waals surface area contributed by atoms with Crippen molar-refractivity contribution in [2.45, 2.75) is 41.5 Å². The van der Waals surface area contributed by atoms with Crippen molar-refractivity contribution in [2.24, 2.45) is 0 Å². The van der Waals surface area contributed by atoms with Crippen LogP contribution in [0.4, 0.5) is 0 Å². The van der Waals surface area contributed by atoms with Crippen molar-refractivity contribution in [3.8, 4) is 0 Å². The van der Waals surface area contributed by atoms with Crippen LogP contribution in [0, 0.1) is 41.5 Å². The number of hydrogen-bond donors (Lipinski definition) is 0. The maximum atomic E-state index is 2.24. The summed E-state index contributed by atoms with van der Waals surface area (Å²) in [6, 6.07) is 17.5. The number of hydrogen-bond acceptors (Lipinski definition) is 0. The number of fused-ring (bicyclic) bond motifs is 1. The molecule has 3 aromatic rings. The van der Waals surface area contributed by atoms with Gasteiger partial charge in [0.25, 0.3) is 0 Å². The standard InChI is InChI=1S/C13H14.C9H12/c1-9-4-7-13-11(3)10(2)5-6-12(13)8-9;1-7-4-5-8(2)9(3)6-7/h4-8H,1-3H3;4-6H,1-3H3. The van der Waals surface area contributed by atoms with E-state index in [1.54, 1.807) is 0 Å². The lowest BCUT2D eigenvalue weighted by atomic mass is 10.00. The summed E-state index contributed by atoms with van der Waals surface area (Å²) in [7, 11) is 0. The molecule has 0 unspecified atom stereocenters. The molecule has 0 bridgehead atoms. The van der Waals surface area contributed by atoms with Gasteiger partial charge in [-0.2, -0.15) is 0 Å². The Morgan fingerprint density at radius 1 is 0.500 bits per heavy atom. The van der Waals surface area contributed by atoms with Gasteiger partial charge < -0.3 is 0 Å². The highest BCUT2D eigenvalue weighted by Crippen LogP contribution is 2.22. The predicted molar refractivity (Wildman–Crippen MR) is 98.8 cm³/mol. The Morgan fingerprint density at radius 3 is 1.73 bits per heavy atom. The third-order valence-corrected chi connectivity index (χ3v) is 4.38. The van der Waals surface area contributed by atoms with E-state index in [4.69, 9.17) is 0 Å². The summed E-state index contributed by atoms with van der Waals surface area (Å²) < 4.78 is 0. The van der Waals surface area contributed by atoms with E-state index in [0.717, 1.165) is 0 Å². The van der Waals surface area contributed by atoms with Crippen LogP contribution in [0.25, 0.3) is 10.8 Å². The van der Waals surface area contributed by atoms with Gasteiger partial charge in [-0.05, 0) is 74.6 Å².